The zero-order chi connectivity index (χ0) is 23.6. The molecule has 1 aromatic carbocycles. The van der Waals surface area contributed by atoms with Crippen molar-refractivity contribution in [1.82, 2.24) is 24.9 Å². The van der Waals surface area contributed by atoms with Gasteiger partial charge in [-0.1, -0.05) is 0 Å². The summed E-state index contributed by atoms with van der Waals surface area (Å²) < 4.78 is 20.9. The van der Waals surface area contributed by atoms with E-state index in [1.807, 2.05) is 6.92 Å². The minimum absolute atomic E-state index is 0.189. The number of nitrogens with zero attached hydrogens (tertiary/aromatic N) is 5. The molecule has 1 aliphatic carbocycles. The molecule has 4 N–H and O–H groups in total. The van der Waals surface area contributed by atoms with Crippen LogP contribution in [0.2, 0.25) is 0 Å². The molecule has 0 spiro atoms. The first-order valence-corrected chi connectivity index (χ1v) is 11.6. The van der Waals surface area contributed by atoms with Crippen molar-refractivity contribution in [1.29, 1.82) is 0 Å². The van der Waals surface area contributed by atoms with Gasteiger partial charge in [-0.25, -0.2) is 14.4 Å². The number of aromatic nitrogens is 5. The number of hydrogen-bond acceptors (Lipinski definition) is 8. The van der Waals surface area contributed by atoms with E-state index in [2.05, 4.69) is 30.2 Å². The molecule has 176 valence electrons. The maximum absolute atomic E-state index is 14.9. The van der Waals surface area contributed by atoms with Crippen molar-refractivity contribution in [3.05, 3.63) is 35.7 Å². The summed E-state index contributed by atoms with van der Waals surface area (Å²) in [6.07, 6.45) is 6.19. The monoisotopic (exact) mass is 462 g/mol. The molecule has 0 radical (unpaired) electrons. The molecule has 1 unspecified atom stereocenters. The predicted molar refractivity (Wildman–Crippen MR) is 129 cm³/mol. The van der Waals surface area contributed by atoms with Crippen molar-refractivity contribution in [3.8, 4) is 11.8 Å². The van der Waals surface area contributed by atoms with Gasteiger partial charge in [0.15, 0.2) is 5.75 Å². The molecular formula is C24H27FN8O. The summed E-state index contributed by atoms with van der Waals surface area (Å²) >= 11 is 0. The molecule has 34 heavy (non-hydrogen) atoms. The molecule has 1 saturated carbocycles. The number of ether oxygens (including phenoxy) is 1. The van der Waals surface area contributed by atoms with E-state index in [9.17, 15) is 4.39 Å². The Balaban J connectivity index is 1.58. The highest BCUT2D eigenvalue weighted by Gasteiger charge is 2.42. The Hall–Kier alpha value is -3.53. The van der Waals surface area contributed by atoms with Crippen LogP contribution in [-0.2, 0) is 0 Å². The van der Waals surface area contributed by atoms with Crippen LogP contribution < -0.4 is 20.7 Å². The Labute approximate surface area is 196 Å². The van der Waals surface area contributed by atoms with Gasteiger partial charge in [0.05, 0.1) is 29.0 Å². The van der Waals surface area contributed by atoms with Gasteiger partial charge in [0.1, 0.15) is 23.1 Å². The minimum atomic E-state index is -0.275. The third-order valence-corrected chi connectivity index (χ3v) is 7.23. The molecule has 1 aliphatic heterocycles. The number of nitrogens with two attached hydrogens (primary N) is 1. The molecule has 1 saturated heterocycles. The SMILES string of the molecule is CNc1cc(F)c(C)c2c1[nH]c1nc(Oc3cnc(C)nc3)nc(N3CC[C@@H]4CC(N)C[C@@H]43)c12. The van der Waals surface area contributed by atoms with Gasteiger partial charge in [-0.05, 0) is 50.7 Å². The van der Waals surface area contributed by atoms with Gasteiger partial charge in [0.25, 0.3) is 0 Å². The molecule has 3 aromatic heterocycles. The smallest absolute Gasteiger partial charge is 0.326 e. The van der Waals surface area contributed by atoms with E-state index in [1.165, 1.54) is 6.07 Å². The number of halogens is 1. The molecule has 6 rings (SSSR count). The number of aromatic amines is 1. The van der Waals surface area contributed by atoms with Crippen molar-refractivity contribution >= 4 is 33.4 Å². The van der Waals surface area contributed by atoms with Crippen LogP contribution in [-0.4, -0.2) is 50.6 Å². The van der Waals surface area contributed by atoms with Crippen molar-refractivity contribution < 1.29 is 9.13 Å². The highest BCUT2D eigenvalue weighted by Crippen LogP contribution is 2.45. The quantitative estimate of drug-likeness (QED) is 0.419. The lowest BCUT2D eigenvalue weighted by Crippen LogP contribution is -2.32. The molecule has 9 nitrogen and oxygen atoms in total. The van der Waals surface area contributed by atoms with Gasteiger partial charge in [0, 0.05) is 31.1 Å². The second kappa shape index (κ2) is 7.76. The number of fused-ring (bicyclic) bond motifs is 4. The first kappa shape index (κ1) is 21.0. The van der Waals surface area contributed by atoms with Crippen LogP contribution in [0.5, 0.6) is 11.8 Å². The lowest BCUT2D eigenvalue weighted by atomic mass is 10.0. The fraction of sp³-hybridized carbons (Fsp3) is 0.417. The maximum Gasteiger partial charge on any atom is 0.326 e. The predicted octanol–water partition coefficient (Wildman–Crippen LogP) is 3.81. The average Bonchev–Trinajstić information content (AvgIpc) is 3.49. The molecule has 3 atom stereocenters. The largest absolute Gasteiger partial charge is 0.421 e. The van der Waals surface area contributed by atoms with Crippen LogP contribution in [0.3, 0.4) is 0 Å². The zero-order valence-electron chi connectivity index (χ0n) is 19.4. The number of rotatable bonds is 4. The second-order valence-corrected chi connectivity index (χ2v) is 9.32. The van der Waals surface area contributed by atoms with Crippen molar-refractivity contribution in [2.45, 2.75) is 45.2 Å². The Kier molecular flexibility index (Phi) is 4.80. The highest BCUT2D eigenvalue weighted by molar-refractivity contribution is 6.16. The van der Waals surface area contributed by atoms with E-state index in [1.54, 1.807) is 26.4 Å². The van der Waals surface area contributed by atoms with E-state index in [4.69, 9.17) is 15.5 Å². The number of benzene rings is 1. The van der Waals surface area contributed by atoms with Crippen LogP contribution in [0.4, 0.5) is 15.9 Å². The number of H-pyrrole nitrogens is 1. The number of anilines is 2. The average molecular weight is 463 g/mol. The first-order chi connectivity index (χ1) is 16.4. The van der Waals surface area contributed by atoms with E-state index in [0.717, 1.165) is 47.9 Å². The third kappa shape index (κ3) is 3.24. The van der Waals surface area contributed by atoms with Crippen molar-refractivity contribution in [2.75, 3.05) is 23.8 Å². The summed E-state index contributed by atoms with van der Waals surface area (Å²) in [5.41, 5.74) is 8.93. The van der Waals surface area contributed by atoms with Gasteiger partial charge < -0.3 is 25.7 Å². The number of nitrogens with one attached hydrogen (secondary N) is 2. The summed E-state index contributed by atoms with van der Waals surface area (Å²) in [6.45, 7) is 4.47. The standard InChI is InChI=1S/C24H27FN8O/c1-11-16(25)8-17(27-3)21-19(11)20-22(30-21)31-24(34-15-9-28-12(2)29-10-15)32-23(20)33-5-4-13-6-14(26)7-18(13)33/h8-10,13-14,18,27H,4-7,26H2,1-3H3,(H,30,31,32)/t13-,14?,18+/m1/s1. The van der Waals surface area contributed by atoms with Crippen LogP contribution >= 0.6 is 0 Å². The Morgan fingerprint density at radius 1 is 1.18 bits per heavy atom. The number of aryl methyl sites for hydroxylation is 2. The van der Waals surface area contributed by atoms with Gasteiger partial charge in [0.2, 0.25) is 0 Å². The normalized spacial score (nSPS) is 22.0. The van der Waals surface area contributed by atoms with E-state index < -0.39 is 0 Å². The summed E-state index contributed by atoms with van der Waals surface area (Å²) in [5, 5.41) is 4.68. The lowest BCUT2D eigenvalue weighted by Gasteiger charge is -2.26. The molecule has 4 aromatic rings. The molecule has 10 heteroatoms. The van der Waals surface area contributed by atoms with Gasteiger partial charge in [-0.3, -0.25) is 0 Å². The minimum Gasteiger partial charge on any atom is -0.421 e. The Morgan fingerprint density at radius 3 is 2.74 bits per heavy atom. The van der Waals surface area contributed by atoms with E-state index in [0.29, 0.717) is 40.4 Å². The van der Waals surface area contributed by atoms with Crippen molar-refractivity contribution in [2.24, 2.45) is 11.7 Å². The molecule has 2 aliphatic rings. The Bertz CT molecular complexity index is 1400. The molecule has 4 heterocycles. The highest BCUT2D eigenvalue weighted by atomic mass is 19.1. The number of hydrogen-bond donors (Lipinski definition) is 3. The summed E-state index contributed by atoms with van der Waals surface area (Å²) in [6, 6.07) is 2.18. The summed E-state index contributed by atoms with van der Waals surface area (Å²) in [7, 11) is 1.78. The molecule has 0 amide bonds. The topological polar surface area (TPSA) is 118 Å². The first-order valence-electron chi connectivity index (χ1n) is 11.6. The van der Waals surface area contributed by atoms with E-state index in [-0.39, 0.29) is 17.9 Å². The fourth-order valence-corrected chi connectivity index (χ4v) is 5.62. The fourth-order valence-electron chi connectivity index (χ4n) is 5.62. The summed E-state index contributed by atoms with van der Waals surface area (Å²) in [4.78, 5) is 23.6. The van der Waals surface area contributed by atoms with Gasteiger partial charge >= 0.3 is 6.01 Å². The van der Waals surface area contributed by atoms with Crippen LogP contribution in [0.15, 0.2) is 18.5 Å². The van der Waals surface area contributed by atoms with Crippen LogP contribution in [0.25, 0.3) is 21.9 Å². The lowest BCUT2D eigenvalue weighted by molar-refractivity contribution is 0.438. The van der Waals surface area contributed by atoms with Gasteiger partial charge in [-0.15, -0.1) is 0 Å². The Morgan fingerprint density at radius 2 is 1.97 bits per heavy atom. The van der Waals surface area contributed by atoms with E-state index >= 15 is 0 Å². The van der Waals surface area contributed by atoms with Crippen LogP contribution in [0, 0.1) is 25.6 Å². The molecule has 0 bridgehead atoms. The maximum atomic E-state index is 14.9. The van der Waals surface area contributed by atoms with Crippen LogP contribution in [0.1, 0.15) is 30.7 Å². The third-order valence-electron chi connectivity index (χ3n) is 7.23. The summed E-state index contributed by atoms with van der Waals surface area (Å²) in [5.74, 6) is 2.11. The molecular weight excluding hydrogens is 435 g/mol. The molecule has 2 fully saturated rings. The second-order valence-electron chi connectivity index (χ2n) is 9.32. The van der Waals surface area contributed by atoms with Gasteiger partial charge in [-0.2, -0.15) is 9.97 Å². The zero-order valence-corrected chi connectivity index (χ0v) is 19.4. The van der Waals surface area contributed by atoms with Crippen molar-refractivity contribution in [3.63, 3.8) is 0 Å².